The number of hydrogen-bond acceptors (Lipinski definition) is 2. The van der Waals surface area contributed by atoms with E-state index in [0.29, 0.717) is 17.0 Å². The van der Waals surface area contributed by atoms with Crippen LogP contribution in [0.25, 0.3) is 0 Å². The number of benzene rings is 1. The van der Waals surface area contributed by atoms with Gasteiger partial charge in [-0.2, -0.15) is 0 Å². The van der Waals surface area contributed by atoms with Gasteiger partial charge in [0.05, 0.1) is 6.04 Å². The van der Waals surface area contributed by atoms with Crippen LogP contribution < -0.4 is 5.73 Å². The van der Waals surface area contributed by atoms with Crippen molar-refractivity contribution < 1.29 is 14.4 Å². The van der Waals surface area contributed by atoms with Crippen LogP contribution in [0.15, 0.2) is 24.3 Å². The number of rotatable bonds is 3. The topological polar surface area (TPSA) is 66.6 Å². The maximum Gasteiger partial charge on any atom is 0.338 e. The standard InChI is InChI=1S/C13H17FN2O2/c14-8-9-1-3-10(4-2-9)11-5-6-12(7-11)16(18)13(15)17/h1-4,11-12,18H,5-8H2,(H2,15,17). The Kier molecular flexibility index (Phi) is 3.81. The number of halogens is 1. The van der Waals surface area contributed by atoms with E-state index in [-0.39, 0.29) is 12.0 Å². The van der Waals surface area contributed by atoms with Crippen LogP contribution in [0.2, 0.25) is 0 Å². The molecule has 98 valence electrons. The lowest BCUT2D eigenvalue weighted by Crippen LogP contribution is -2.39. The molecule has 2 atom stereocenters. The molecule has 0 aromatic heterocycles. The second kappa shape index (κ2) is 5.35. The average molecular weight is 252 g/mol. The van der Waals surface area contributed by atoms with Gasteiger partial charge in [0.15, 0.2) is 0 Å². The fourth-order valence-electron chi connectivity index (χ4n) is 2.54. The number of alkyl halides is 1. The third-order valence-corrected chi connectivity index (χ3v) is 3.58. The van der Waals surface area contributed by atoms with E-state index in [1.807, 2.05) is 12.1 Å². The molecule has 18 heavy (non-hydrogen) atoms. The van der Waals surface area contributed by atoms with E-state index in [1.165, 1.54) is 0 Å². The number of hydroxylamine groups is 2. The van der Waals surface area contributed by atoms with Gasteiger partial charge < -0.3 is 5.73 Å². The number of hydrogen-bond donors (Lipinski definition) is 2. The highest BCUT2D eigenvalue weighted by Gasteiger charge is 2.31. The molecule has 0 spiro atoms. The third kappa shape index (κ3) is 2.61. The third-order valence-electron chi connectivity index (χ3n) is 3.58. The minimum absolute atomic E-state index is 0.214. The molecule has 5 heteroatoms. The molecule has 0 saturated heterocycles. The molecule has 0 heterocycles. The second-order valence-electron chi connectivity index (χ2n) is 4.72. The van der Waals surface area contributed by atoms with Crippen molar-refractivity contribution in [2.24, 2.45) is 5.73 Å². The number of amides is 2. The molecule has 2 rings (SSSR count). The van der Waals surface area contributed by atoms with Gasteiger partial charge in [-0.3, -0.25) is 5.21 Å². The van der Waals surface area contributed by atoms with Crippen LogP contribution in [0.5, 0.6) is 0 Å². The van der Waals surface area contributed by atoms with Crippen LogP contribution in [0.4, 0.5) is 9.18 Å². The molecule has 0 bridgehead atoms. The Morgan fingerprint density at radius 3 is 2.61 bits per heavy atom. The summed E-state index contributed by atoms with van der Waals surface area (Å²) in [5, 5.41) is 10.1. The fourth-order valence-corrected chi connectivity index (χ4v) is 2.54. The van der Waals surface area contributed by atoms with Crippen LogP contribution in [0.3, 0.4) is 0 Å². The molecule has 1 aromatic rings. The maximum atomic E-state index is 12.4. The maximum absolute atomic E-state index is 12.4. The number of carbonyl (C=O) groups is 1. The molecular weight excluding hydrogens is 235 g/mol. The summed E-state index contributed by atoms with van der Waals surface area (Å²) in [5.41, 5.74) is 6.81. The number of carbonyl (C=O) groups excluding carboxylic acids is 1. The van der Waals surface area contributed by atoms with Crippen molar-refractivity contribution in [1.29, 1.82) is 0 Å². The summed E-state index contributed by atoms with van der Waals surface area (Å²) in [6, 6.07) is 6.34. The first-order valence-electron chi connectivity index (χ1n) is 6.04. The quantitative estimate of drug-likeness (QED) is 0.641. The van der Waals surface area contributed by atoms with E-state index in [1.54, 1.807) is 12.1 Å². The number of nitrogens with zero attached hydrogens (tertiary/aromatic N) is 1. The minimum Gasteiger partial charge on any atom is -0.350 e. The smallest absolute Gasteiger partial charge is 0.338 e. The molecule has 2 amide bonds. The van der Waals surface area contributed by atoms with Crippen molar-refractivity contribution in [3.8, 4) is 0 Å². The van der Waals surface area contributed by atoms with Gasteiger partial charge in [-0.1, -0.05) is 24.3 Å². The van der Waals surface area contributed by atoms with Crippen molar-refractivity contribution in [3.05, 3.63) is 35.4 Å². The van der Waals surface area contributed by atoms with Crippen molar-refractivity contribution in [2.45, 2.75) is 37.9 Å². The Morgan fingerprint density at radius 1 is 1.39 bits per heavy atom. The van der Waals surface area contributed by atoms with Crippen molar-refractivity contribution in [1.82, 2.24) is 5.06 Å². The zero-order valence-electron chi connectivity index (χ0n) is 10.1. The van der Waals surface area contributed by atoms with E-state index in [9.17, 15) is 14.4 Å². The number of primary amides is 1. The SMILES string of the molecule is NC(=O)N(O)C1CCC(c2ccc(CF)cc2)C1. The molecule has 0 aliphatic heterocycles. The van der Waals surface area contributed by atoms with Crippen LogP contribution in [-0.2, 0) is 6.67 Å². The summed E-state index contributed by atoms with van der Waals surface area (Å²) in [5.74, 6) is 0.290. The molecular formula is C13H17FN2O2. The summed E-state index contributed by atoms with van der Waals surface area (Å²) >= 11 is 0. The predicted molar refractivity (Wildman–Crippen MR) is 64.8 cm³/mol. The van der Waals surface area contributed by atoms with Gasteiger partial charge in [-0.15, -0.1) is 0 Å². The van der Waals surface area contributed by atoms with Gasteiger partial charge in [0.25, 0.3) is 0 Å². The van der Waals surface area contributed by atoms with Gasteiger partial charge in [0.1, 0.15) is 6.67 Å². The Hall–Kier alpha value is -1.62. The Bertz CT molecular complexity index is 422. The van der Waals surface area contributed by atoms with Gasteiger partial charge in [-0.05, 0) is 36.3 Å². The van der Waals surface area contributed by atoms with Gasteiger partial charge >= 0.3 is 6.03 Å². The van der Waals surface area contributed by atoms with Crippen LogP contribution in [0.1, 0.15) is 36.3 Å². The zero-order valence-corrected chi connectivity index (χ0v) is 10.1. The Balaban J connectivity index is 2.01. The van der Waals surface area contributed by atoms with E-state index < -0.39 is 12.7 Å². The lowest BCUT2D eigenvalue weighted by molar-refractivity contribution is -0.0730. The van der Waals surface area contributed by atoms with Gasteiger partial charge in [0.2, 0.25) is 0 Å². The molecule has 1 aromatic carbocycles. The summed E-state index contributed by atoms with van der Waals surface area (Å²) in [4.78, 5) is 10.9. The highest BCUT2D eigenvalue weighted by molar-refractivity contribution is 5.70. The zero-order chi connectivity index (χ0) is 13.1. The molecule has 3 N–H and O–H groups in total. The van der Waals surface area contributed by atoms with E-state index in [0.717, 1.165) is 18.4 Å². The summed E-state index contributed by atoms with van der Waals surface area (Å²) < 4.78 is 12.4. The van der Waals surface area contributed by atoms with E-state index >= 15 is 0 Å². The van der Waals surface area contributed by atoms with E-state index in [2.05, 4.69) is 0 Å². The lowest BCUT2D eigenvalue weighted by Gasteiger charge is -2.20. The number of urea groups is 1. The largest absolute Gasteiger partial charge is 0.350 e. The molecule has 1 fully saturated rings. The van der Waals surface area contributed by atoms with Crippen molar-refractivity contribution >= 4 is 6.03 Å². The normalized spacial score (nSPS) is 23.0. The summed E-state index contributed by atoms with van der Waals surface area (Å²) in [6.45, 7) is -0.459. The highest BCUT2D eigenvalue weighted by atomic mass is 19.1. The van der Waals surface area contributed by atoms with Crippen molar-refractivity contribution in [2.75, 3.05) is 0 Å². The predicted octanol–water partition coefficient (Wildman–Crippen LogP) is 2.56. The van der Waals surface area contributed by atoms with Gasteiger partial charge in [-0.25, -0.2) is 14.2 Å². The molecule has 1 aliphatic rings. The Labute approximate surface area is 105 Å². The monoisotopic (exact) mass is 252 g/mol. The van der Waals surface area contributed by atoms with Gasteiger partial charge in [0, 0.05) is 0 Å². The highest BCUT2D eigenvalue weighted by Crippen LogP contribution is 2.36. The van der Waals surface area contributed by atoms with Crippen LogP contribution in [-0.4, -0.2) is 22.3 Å². The van der Waals surface area contributed by atoms with Crippen LogP contribution in [0, 0.1) is 0 Å². The molecule has 4 nitrogen and oxygen atoms in total. The fraction of sp³-hybridized carbons (Fsp3) is 0.462. The van der Waals surface area contributed by atoms with E-state index in [4.69, 9.17) is 5.73 Å². The average Bonchev–Trinajstić information content (AvgIpc) is 2.87. The second-order valence-corrected chi connectivity index (χ2v) is 4.72. The number of nitrogens with two attached hydrogens (primary N) is 1. The molecule has 1 saturated carbocycles. The first kappa shape index (κ1) is 12.8. The lowest BCUT2D eigenvalue weighted by atomic mass is 9.96. The van der Waals surface area contributed by atoms with Crippen LogP contribution >= 0.6 is 0 Å². The summed E-state index contributed by atoms with van der Waals surface area (Å²) in [6.07, 6.45) is 2.31. The molecule has 0 radical (unpaired) electrons. The Morgan fingerprint density at radius 2 is 2.06 bits per heavy atom. The molecule has 2 unspecified atom stereocenters. The summed E-state index contributed by atoms with van der Waals surface area (Å²) in [7, 11) is 0. The first-order valence-corrected chi connectivity index (χ1v) is 6.04. The molecule has 1 aliphatic carbocycles. The van der Waals surface area contributed by atoms with Crippen molar-refractivity contribution in [3.63, 3.8) is 0 Å². The minimum atomic E-state index is -0.812. The first-order chi connectivity index (χ1) is 8.61.